The zero-order valence-corrected chi connectivity index (χ0v) is 14.8. The summed E-state index contributed by atoms with van der Waals surface area (Å²) in [6.45, 7) is 0. The Balaban J connectivity index is 1.57. The molecule has 4 rings (SSSR count). The van der Waals surface area contributed by atoms with Gasteiger partial charge in [0.05, 0.1) is 6.42 Å². The molecule has 0 saturated carbocycles. The lowest BCUT2D eigenvalue weighted by molar-refractivity contribution is -0.115. The minimum absolute atomic E-state index is 0.149. The summed E-state index contributed by atoms with van der Waals surface area (Å²) in [5.74, 6) is -0.189. The van der Waals surface area contributed by atoms with Gasteiger partial charge in [0.2, 0.25) is 5.91 Å². The van der Waals surface area contributed by atoms with Crippen LogP contribution in [0.5, 0.6) is 0 Å². The molecule has 2 aromatic carbocycles. The van der Waals surface area contributed by atoms with Gasteiger partial charge in [0.25, 0.3) is 0 Å². The van der Waals surface area contributed by atoms with Gasteiger partial charge >= 0.3 is 0 Å². The average Bonchev–Trinajstić information content (AvgIpc) is 3.09. The van der Waals surface area contributed by atoms with Gasteiger partial charge in [-0.1, -0.05) is 35.9 Å². The third kappa shape index (κ3) is 3.52. The quantitative estimate of drug-likeness (QED) is 0.572. The molecule has 0 fully saturated rings. The van der Waals surface area contributed by atoms with Crippen LogP contribution in [-0.2, 0) is 11.2 Å². The predicted octanol–water partition coefficient (Wildman–Crippen LogP) is 4.37. The Morgan fingerprint density at radius 1 is 1.07 bits per heavy atom. The van der Waals surface area contributed by atoms with E-state index in [1.165, 1.54) is 12.1 Å². The summed E-state index contributed by atoms with van der Waals surface area (Å²) >= 11 is 5.99. The maximum atomic E-state index is 13.9. The molecule has 0 spiro atoms. The van der Waals surface area contributed by atoms with Crippen molar-refractivity contribution < 1.29 is 9.18 Å². The number of nitrogens with zero attached hydrogens (tertiary/aromatic N) is 3. The molecule has 0 bridgehead atoms. The molecule has 1 amide bonds. The molecule has 7 heteroatoms. The Bertz CT molecular complexity index is 1120. The van der Waals surface area contributed by atoms with Crippen LogP contribution in [0.15, 0.2) is 66.9 Å². The van der Waals surface area contributed by atoms with Gasteiger partial charge in [-0.2, -0.15) is 0 Å². The second-order valence-corrected chi connectivity index (χ2v) is 6.37. The van der Waals surface area contributed by atoms with E-state index in [0.717, 1.165) is 11.2 Å². The number of hydrogen-bond acceptors (Lipinski definition) is 3. The van der Waals surface area contributed by atoms with Crippen LogP contribution in [0.1, 0.15) is 5.56 Å². The van der Waals surface area contributed by atoms with Crippen molar-refractivity contribution in [3.8, 4) is 11.4 Å². The van der Waals surface area contributed by atoms with Crippen LogP contribution in [0.25, 0.3) is 17.0 Å². The van der Waals surface area contributed by atoms with Crippen molar-refractivity contribution in [2.75, 3.05) is 5.32 Å². The SMILES string of the molecule is O=C(Cc1c(F)cccc1Cl)Nc1cccc(-c2nnc3ccccn23)c1. The minimum Gasteiger partial charge on any atom is -0.326 e. The fourth-order valence-corrected chi connectivity index (χ4v) is 3.07. The second-order valence-electron chi connectivity index (χ2n) is 5.96. The standard InChI is InChI=1S/C20H14ClFN4O/c21-16-7-4-8-17(22)15(16)12-19(27)23-14-6-3-5-13(11-14)20-25-24-18-9-1-2-10-26(18)20/h1-11H,12H2,(H,23,27). The van der Waals surface area contributed by atoms with Gasteiger partial charge in [-0.05, 0) is 36.4 Å². The molecular weight excluding hydrogens is 367 g/mol. The van der Waals surface area contributed by atoms with E-state index in [2.05, 4.69) is 15.5 Å². The number of rotatable bonds is 4. The van der Waals surface area contributed by atoms with Gasteiger partial charge in [-0.3, -0.25) is 9.20 Å². The second kappa shape index (κ2) is 7.17. The summed E-state index contributed by atoms with van der Waals surface area (Å²) in [6.07, 6.45) is 1.72. The number of benzene rings is 2. The molecule has 0 radical (unpaired) electrons. The highest BCUT2D eigenvalue weighted by atomic mass is 35.5. The summed E-state index contributed by atoms with van der Waals surface area (Å²) in [5, 5.41) is 11.3. The largest absolute Gasteiger partial charge is 0.326 e. The molecule has 0 aliphatic rings. The van der Waals surface area contributed by atoms with E-state index in [9.17, 15) is 9.18 Å². The van der Waals surface area contributed by atoms with Crippen molar-refractivity contribution >= 4 is 28.8 Å². The molecule has 0 saturated heterocycles. The van der Waals surface area contributed by atoms with E-state index in [1.807, 2.05) is 40.9 Å². The summed E-state index contributed by atoms with van der Waals surface area (Å²) in [5.41, 5.74) is 2.29. The van der Waals surface area contributed by atoms with Crippen molar-refractivity contribution in [2.45, 2.75) is 6.42 Å². The summed E-state index contributed by atoms with van der Waals surface area (Å²) in [7, 11) is 0. The smallest absolute Gasteiger partial charge is 0.228 e. The molecular formula is C20H14ClFN4O. The van der Waals surface area contributed by atoms with Crippen molar-refractivity contribution in [1.82, 2.24) is 14.6 Å². The zero-order valence-electron chi connectivity index (χ0n) is 14.1. The van der Waals surface area contributed by atoms with E-state index in [0.29, 0.717) is 11.5 Å². The zero-order chi connectivity index (χ0) is 18.8. The maximum absolute atomic E-state index is 13.9. The van der Waals surface area contributed by atoms with Gasteiger partial charge in [-0.15, -0.1) is 10.2 Å². The highest BCUT2D eigenvalue weighted by molar-refractivity contribution is 6.31. The molecule has 1 N–H and O–H groups in total. The molecule has 2 aromatic heterocycles. The normalized spacial score (nSPS) is 10.9. The Kier molecular flexibility index (Phi) is 4.56. The summed E-state index contributed by atoms with van der Waals surface area (Å²) in [6, 6.07) is 17.2. The van der Waals surface area contributed by atoms with Gasteiger partial charge < -0.3 is 5.32 Å². The lowest BCUT2D eigenvalue weighted by Gasteiger charge is -2.09. The number of carbonyl (C=O) groups is 1. The number of nitrogens with one attached hydrogen (secondary N) is 1. The molecule has 0 atom stereocenters. The van der Waals surface area contributed by atoms with E-state index >= 15 is 0 Å². The number of halogens is 2. The fraction of sp³-hybridized carbons (Fsp3) is 0.0500. The van der Waals surface area contributed by atoms with Crippen molar-refractivity contribution in [3.63, 3.8) is 0 Å². The Morgan fingerprint density at radius 3 is 2.78 bits per heavy atom. The lowest BCUT2D eigenvalue weighted by atomic mass is 10.1. The highest BCUT2D eigenvalue weighted by Crippen LogP contribution is 2.23. The summed E-state index contributed by atoms with van der Waals surface area (Å²) in [4.78, 5) is 12.3. The van der Waals surface area contributed by atoms with Gasteiger partial charge in [0.15, 0.2) is 11.5 Å². The van der Waals surface area contributed by atoms with Gasteiger partial charge in [0, 0.05) is 28.0 Å². The van der Waals surface area contributed by atoms with E-state index < -0.39 is 5.82 Å². The van der Waals surface area contributed by atoms with E-state index in [4.69, 9.17) is 11.6 Å². The minimum atomic E-state index is -0.499. The first-order chi connectivity index (χ1) is 13.1. The molecule has 0 unspecified atom stereocenters. The van der Waals surface area contributed by atoms with Gasteiger partial charge in [0.1, 0.15) is 5.82 Å². The van der Waals surface area contributed by atoms with Crippen molar-refractivity contribution in [1.29, 1.82) is 0 Å². The highest BCUT2D eigenvalue weighted by Gasteiger charge is 2.13. The molecule has 4 aromatic rings. The van der Waals surface area contributed by atoms with E-state index in [-0.39, 0.29) is 22.9 Å². The fourth-order valence-electron chi connectivity index (χ4n) is 2.84. The number of amides is 1. The third-order valence-electron chi connectivity index (χ3n) is 4.12. The average molecular weight is 381 g/mol. The van der Waals surface area contributed by atoms with Crippen molar-refractivity contribution in [3.05, 3.63) is 83.3 Å². The number of pyridine rings is 1. The number of hydrogen-bond donors (Lipinski definition) is 1. The molecule has 0 aliphatic heterocycles. The number of carbonyl (C=O) groups excluding carboxylic acids is 1. The molecule has 0 aliphatic carbocycles. The maximum Gasteiger partial charge on any atom is 0.228 e. The van der Waals surface area contributed by atoms with Crippen LogP contribution in [0.4, 0.5) is 10.1 Å². The molecule has 134 valence electrons. The molecule has 2 heterocycles. The third-order valence-corrected chi connectivity index (χ3v) is 4.47. The Hall–Kier alpha value is -3.25. The van der Waals surface area contributed by atoms with Crippen molar-refractivity contribution in [2.24, 2.45) is 0 Å². The first-order valence-electron chi connectivity index (χ1n) is 8.25. The first kappa shape index (κ1) is 17.2. The predicted molar refractivity (Wildman–Crippen MR) is 102 cm³/mol. The van der Waals surface area contributed by atoms with Crippen LogP contribution in [-0.4, -0.2) is 20.5 Å². The van der Waals surface area contributed by atoms with Gasteiger partial charge in [-0.25, -0.2) is 4.39 Å². The van der Waals surface area contributed by atoms with Crippen LogP contribution in [0, 0.1) is 5.82 Å². The summed E-state index contributed by atoms with van der Waals surface area (Å²) < 4.78 is 15.7. The van der Waals surface area contributed by atoms with Crippen LogP contribution in [0.3, 0.4) is 0 Å². The lowest BCUT2D eigenvalue weighted by Crippen LogP contribution is -2.15. The Morgan fingerprint density at radius 2 is 1.93 bits per heavy atom. The molecule has 5 nitrogen and oxygen atoms in total. The van der Waals surface area contributed by atoms with E-state index in [1.54, 1.807) is 18.2 Å². The number of anilines is 1. The topological polar surface area (TPSA) is 59.3 Å². The van der Waals surface area contributed by atoms with Crippen LogP contribution in [0.2, 0.25) is 5.02 Å². The van der Waals surface area contributed by atoms with Crippen LogP contribution < -0.4 is 5.32 Å². The Labute approximate surface area is 159 Å². The monoisotopic (exact) mass is 380 g/mol. The number of aromatic nitrogens is 3. The number of fused-ring (bicyclic) bond motifs is 1. The first-order valence-corrected chi connectivity index (χ1v) is 8.62. The van der Waals surface area contributed by atoms with Crippen LogP contribution >= 0.6 is 11.6 Å². The molecule has 27 heavy (non-hydrogen) atoms.